The van der Waals surface area contributed by atoms with Gasteiger partial charge in [0.05, 0.1) is 5.03 Å². The van der Waals surface area contributed by atoms with Gasteiger partial charge in [0.15, 0.2) is 12.3 Å². The van der Waals surface area contributed by atoms with Crippen molar-refractivity contribution in [1.29, 1.82) is 0 Å². The monoisotopic (exact) mass is 405 g/mol. The summed E-state index contributed by atoms with van der Waals surface area (Å²) in [6.45, 7) is 0. The van der Waals surface area contributed by atoms with Crippen molar-refractivity contribution in [2.75, 3.05) is 14.1 Å². The van der Waals surface area contributed by atoms with Crippen LogP contribution in [0.5, 0.6) is 0 Å². The van der Waals surface area contributed by atoms with Crippen molar-refractivity contribution < 1.29 is 14.0 Å². The van der Waals surface area contributed by atoms with Crippen LogP contribution >= 0.6 is 56.1 Å². The number of hydrogen-bond acceptors (Lipinski definition) is 2. The van der Waals surface area contributed by atoms with Crippen molar-refractivity contribution in [3.8, 4) is 0 Å². The Hall–Kier alpha value is 0.170. The van der Waals surface area contributed by atoms with E-state index in [2.05, 4.69) is 38.4 Å². The highest BCUT2D eigenvalue weighted by Crippen LogP contribution is 2.46. The van der Waals surface area contributed by atoms with E-state index in [1.165, 1.54) is 0 Å². The van der Waals surface area contributed by atoms with Gasteiger partial charge in [0.25, 0.3) is 0 Å². The van der Waals surface area contributed by atoms with Crippen LogP contribution in [0.2, 0.25) is 0 Å². The molecular weight excluding hydrogens is 395 g/mol. The van der Waals surface area contributed by atoms with Gasteiger partial charge < -0.3 is 9.46 Å². The first-order valence-electron chi connectivity index (χ1n) is 4.93. The number of nitrogens with zero attached hydrogens (tertiary/aromatic N) is 1. The summed E-state index contributed by atoms with van der Waals surface area (Å²) < 4.78 is 12.2. The molecular formula is C11H12BrCl3NO2P. The molecule has 0 heterocycles. The van der Waals surface area contributed by atoms with Gasteiger partial charge in [-0.15, -0.1) is 0 Å². The van der Waals surface area contributed by atoms with Crippen LogP contribution in [0.15, 0.2) is 34.8 Å². The zero-order valence-electron chi connectivity index (χ0n) is 10.2. The third-order valence-corrected chi connectivity index (χ3v) is 2.51. The molecule has 0 atom stereocenters. The lowest BCUT2D eigenvalue weighted by atomic mass is 10.2. The maximum absolute atomic E-state index is 9.19. The molecule has 1 rings (SSSR count). The van der Waals surface area contributed by atoms with E-state index in [0.717, 1.165) is 15.1 Å². The molecule has 0 saturated heterocycles. The lowest BCUT2D eigenvalue weighted by Crippen LogP contribution is -1.95. The van der Waals surface area contributed by atoms with Gasteiger partial charge in [0, 0.05) is 10.5 Å². The van der Waals surface area contributed by atoms with Crippen LogP contribution in [0, 0.1) is 0 Å². The van der Waals surface area contributed by atoms with E-state index < -0.39 is 6.07 Å². The van der Waals surface area contributed by atoms with E-state index in [1.54, 1.807) is 0 Å². The molecule has 0 aromatic heterocycles. The number of allylic oxidation sites excluding steroid dienone is 1. The maximum atomic E-state index is 9.19. The van der Waals surface area contributed by atoms with Crippen molar-refractivity contribution in [3.63, 3.8) is 0 Å². The lowest BCUT2D eigenvalue weighted by molar-refractivity contribution is -0.458. The fraction of sp³-hybridized carbons (Fsp3) is 0.182. The second-order valence-electron chi connectivity index (χ2n) is 3.55. The van der Waals surface area contributed by atoms with Crippen LogP contribution in [-0.2, 0) is 4.57 Å². The number of hydrogen-bond donors (Lipinski definition) is 0. The van der Waals surface area contributed by atoms with Crippen LogP contribution in [0.4, 0.5) is 0 Å². The third-order valence-electron chi connectivity index (χ3n) is 1.64. The van der Waals surface area contributed by atoms with Gasteiger partial charge in [-0.2, -0.15) is 0 Å². The van der Waals surface area contributed by atoms with E-state index in [0.29, 0.717) is 0 Å². The zero-order valence-corrected chi connectivity index (χ0v) is 14.9. The first-order valence-corrected chi connectivity index (χ1v) is 9.53. The van der Waals surface area contributed by atoms with E-state index in [4.69, 9.17) is 11.6 Å². The number of benzene rings is 1. The van der Waals surface area contributed by atoms with E-state index >= 15 is 0 Å². The quantitative estimate of drug-likeness (QED) is 0.417. The third kappa shape index (κ3) is 12.9. The molecule has 3 nitrogen and oxygen atoms in total. The predicted molar refractivity (Wildman–Crippen MR) is 85.5 cm³/mol. The Morgan fingerprint density at radius 1 is 1.32 bits per heavy atom. The molecule has 0 aliphatic rings. The molecule has 0 radical (unpaired) electrons. The van der Waals surface area contributed by atoms with Gasteiger partial charge in [0.2, 0.25) is 0 Å². The Morgan fingerprint density at radius 2 is 1.74 bits per heavy atom. The molecule has 0 aliphatic heterocycles. The highest BCUT2D eigenvalue weighted by atomic mass is 79.9. The number of rotatable bonds is 2. The van der Waals surface area contributed by atoms with Gasteiger partial charge in [-0.25, -0.2) is 4.58 Å². The standard InChI is InChI=1S/C11H12BrClN.Cl2HO2P/c1-14(2)8-7-11(13)9-3-5-10(12)6-4-9;1-5(2,3)4/h3-8H,1-2H3;(H,3,4)/q+1;/p-1/b11-7+;. The predicted octanol–water partition coefficient (Wildman–Crippen LogP) is 4.30. The molecule has 8 heteroatoms. The Labute approximate surface area is 135 Å². The molecule has 0 bridgehead atoms. The molecule has 1 aromatic rings. The lowest BCUT2D eigenvalue weighted by Gasteiger charge is -1.98. The summed E-state index contributed by atoms with van der Waals surface area (Å²) in [6.07, 6.45) is -0.144. The SMILES string of the molecule is C[N+](C)=C/C=C(/Cl)c1ccc(Br)cc1.O=P([O-])(Cl)Cl. The largest absolute Gasteiger partial charge is 0.776 e. The highest BCUT2D eigenvalue weighted by Gasteiger charge is 1.97. The molecule has 0 fully saturated rings. The van der Waals surface area contributed by atoms with E-state index in [-0.39, 0.29) is 0 Å². The fourth-order valence-electron chi connectivity index (χ4n) is 0.920. The van der Waals surface area contributed by atoms with Gasteiger partial charge in [-0.3, -0.25) is 0 Å². The van der Waals surface area contributed by atoms with Crippen LogP contribution in [0.3, 0.4) is 0 Å². The van der Waals surface area contributed by atoms with Crippen molar-refractivity contribution in [2.24, 2.45) is 0 Å². The normalized spacial score (nSPS) is 11.4. The Kier molecular flexibility index (Phi) is 9.25. The fourth-order valence-corrected chi connectivity index (χ4v) is 1.37. The average molecular weight is 407 g/mol. The Balaban J connectivity index is 0.000000555. The van der Waals surface area contributed by atoms with E-state index in [1.807, 2.05) is 55.2 Å². The molecule has 0 amide bonds. The molecule has 0 aliphatic carbocycles. The minimum absolute atomic E-state index is 0.742. The molecule has 19 heavy (non-hydrogen) atoms. The van der Waals surface area contributed by atoms with Gasteiger partial charge in [-0.05, 0) is 17.7 Å². The van der Waals surface area contributed by atoms with Gasteiger partial charge in [-0.1, -0.05) is 62.1 Å². The summed E-state index contributed by atoms with van der Waals surface area (Å²) in [7, 11) is 3.92. The molecule has 0 unspecified atom stereocenters. The Bertz CT molecular complexity index is 499. The van der Waals surface area contributed by atoms with Crippen molar-refractivity contribution in [1.82, 2.24) is 0 Å². The second kappa shape index (κ2) is 9.17. The van der Waals surface area contributed by atoms with Crippen LogP contribution in [-0.4, -0.2) is 24.9 Å². The highest BCUT2D eigenvalue weighted by molar-refractivity contribution is 9.10. The summed E-state index contributed by atoms with van der Waals surface area (Å²) in [5.74, 6) is 0. The molecule has 0 spiro atoms. The van der Waals surface area contributed by atoms with Gasteiger partial charge >= 0.3 is 0 Å². The first kappa shape index (κ1) is 19.2. The average Bonchev–Trinajstić information content (AvgIpc) is 2.24. The molecule has 0 saturated carbocycles. The van der Waals surface area contributed by atoms with Crippen LogP contribution < -0.4 is 4.89 Å². The van der Waals surface area contributed by atoms with E-state index in [9.17, 15) is 9.46 Å². The van der Waals surface area contributed by atoms with Crippen LogP contribution in [0.1, 0.15) is 5.56 Å². The first-order chi connectivity index (χ1) is 8.59. The van der Waals surface area contributed by atoms with Gasteiger partial charge in [0.1, 0.15) is 14.1 Å². The van der Waals surface area contributed by atoms with Crippen molar-refractivity contribution in [3.05, 3.63) is 40.4 Å². The number of halogens is 4. The minimum Gasteiger partial charge on any atom is -0.776 e. The summed E-state index contributed by atoms with van der Waals surface area (Å²) in [4.78, 5) is 9.19. The smallest absolute Gasteiger partial charge is 0.186 e. The maximum Gasteiger partial charge on any atom is 0.186 e. The zero-order chi connectivity index (χ0) is 15.1. The molecule has 106 valence electrons. The summed E-state index contributed by atoms with van der Waals surface area (Å²) in [5, 5.41) is 0.742. The molecule has 1 aromatic carbocycles. The van der Waals surface area contributed by atoms with Crippen molar-refractivity contribution >= 4 is 67.3 Å². The van der Waals surface area contributed by atoms with Crippen molar-refractivity contribution in [2.45, 2.75) is 0 Å². The Morgan fingerprint density at radius 3 is 2.11 bits per heavy atom. The van der Waals surface area contributed by atoms with Crippen LogP contribution in [0.25, 0.3) is 5.03 Å². The summed E-state index contributed by atoms with van der Waals surface area (Å²) in [6, 6.07) is 7.90. The summed E-state index contributed by atoms with van der Waals surface area (Å²) >= 11 is 18.1. The molecule has 0 N–H and O–H groups in total. The second-order valence-corrected chi connectivity index (χ2v) is 8.89. The minimum atomic E-state index is -3.94. The topological polar surface area (TPSA) is 43.1 Å². The summed E-state index contributed by atoms with van der Waals surface area (Å²) in [5.41, 5.74) is 1.02.